The number of carbonyl (C=O) groups is 5. The molecule has 0 amide bonds. The van der Waals surface area contributed by atoms with Crippen LogP contribution >= 0.6 is 0 Å². The summed E-state index contributed by atoms with van der Waals surface area (Å²) >= 11 is 0. The fourth-order valence-electron chi connectivity index (χ4n) is 27.0. The van der Waals surface area contributed by atoms with Crippen LogP contribution in [0.2, 0.25) is 0 Å². The first-order chi connectivity index (χ1) is 64.6. The number of fused-ring (bicyclic) bond motifs is 7. The third kappa shape index (κ3) is 21.1. The average Bonchev–Trinajstić information content (AvgIpc) is 1.54. The van der Waals surface area contributed by atoms with Crippen LogP contribution in [-0.2, 0) is 52.9 Å². The van der Waals surface area contributed by atoms with Crippen molar-refractivity contribution in [2.75, 3.05) is 0 Å². The molecule has 8 unspecified atom stereocenters. The molecule has 5 saturated carbocycles. The molecule has 12 aliphatic rings. The van der Waals surface area contributed by atoms with Crippen molar-refractivity contribution in [3.63, 3.8) is 0 Å². The molecular weight excluding hydrogens is 1710 g/mol. The number of ether oxygens (including phenoxy) is 7. The molecule has 748 valence electrons. The van der Waals surface area contributed by atoms with Crippen molar-refractivity contribution in [3.8, 4) is 63.2 Å². The second-order valence-electron chi connectivity index (χ2n) is 47.2. The number of benzene rings is 6. The summed E-state index contributed by atoms with van der Waals surface area (Å²) in [5.41, 5.74) is 12.0. The lowest BCUT2D eigenvalue weighted by molar-refractivity contribution is -0.121. The van der Waals surface area contributed by atoms with Crippen LogP contribution in [0.4, 0.5) is 0 Å². The molecule has 17 nitrogen and oxygen atoms in total. The Labute approximate surface area is 819 Å². The zero-order valence-corrected chi connectivity index (χ0v) is 87.8. The molecule has 0 saturated heterocycles. The number of aryl methyl sites for hydroxylation is 6. The van der Waals surface area contributed by atoms with Crippen LogP contribution in [0.15, 0.2) is 83.5 Å². The van der Waals surface area contributed by atoms with Crippen molar-refractivity contribution in [2.24, 2.45) is 52.3 Å². The summed E-state index contributed by atoms with van der Waals surface area (Å²) in [4.78, 5) is 59.6. The third-order valence-electron chi connectivity index (χ3n) is 34.2. The fraction of sp³-hybridized carbons (Fsp3) is 0.642. The Morgan fingerprint density at radius 3 is 1.09 bits per heavy atom. The van der Waals surface area contributed by atoms with Crippen LogP contribution in [0.5, 0.6) is 63.2 Å². The van der Waals surface area contributed by atoms with Crippen LogP contribution in [0.3, 0.4) is 0 Å². The van der Waals surface area contributed by atoms with Gasteiger partial charge in [-0.2, -0.15) is 0 Å². The maximum Gasteiger partial charge on any atom is 0.177 e. The first kappa shape index (κ1) is 104. The normalized spacial score (nSPS) is 27.1. The van der Waals surface area contributed by atoms with Gasteiger partial charge in [0.15, 0.2) is 11.6 Å². The van der Waals surface area contributed by atoms with Gasteiger partial charge in [0, 0.05) is 82.9 Å². The fourth-order valence-corrected chi connectivity index (χ4v) is 27.0. The highest BCUT2D eigenvalue weighted by atomic mass is 16.5. The summed E-state index contributed by atoms with van der Waals surface area (Å²) in [6, 6.07) is 24.4. The van der Waals surface area contributed by atoms with E-state index in [0.717, 1.165) is 177 Å². The molecule has 19 rings (SSSR count). The average molecular weight is 1880 g/mol. The summed E-state index contributed by atoms with van der Waals surface area (Å²) < 4.78 is 50.3. The number of ketones is 5. The van der Waals surface area contributed by atoms with Gasteiger partial charge >= 0.3 is 0 Å². The Kier molecular flexibility index (Phi) is 31.0. The molecule has 4 N–H and O–H groups in total. The van der Waals surface area contributed by atoms with E-state index < -0.39 is 23.0 Å². The van der Waals surface area contributed by atoms with Gasteiger partial charge in [-0.25, -0.2) is 0 Å². The highest BCUT2D eigenvalue weighted by Crippen LogP contribution is 2.76. The summed E-state index contributed by atoms with van der Waals surface area (Å²) in [6.07, 6.45) is 35.6. The zero-order chi connectivity index (χ0) is 99.4. The molecule has 0 spiro atoms. The van der Waals surface area contributed by atoms with Crippen molar-refractivity contribution in [1.29, 1.82) is 0 Å². The Hall–Kier alpha value is -8.99. The molecule has 1 aromatic heterocycles. The van der Waals surface area contributed by atoms with E-state index in [1.54, 1.807) is 19.1 Å². The monoisotopic (exact) mass is 1880 g/mol. The lowest BCUT2D eigenvalue weighted by Crippen LogP contribution is -2.59. The summed E-state index contributed by atoms with van der Waals surface area (Å²) in [5.74, 6) is 11.1. The van der Waals surface area contributed by atoms with Crippen LogP contribution in [0, 0.1) is 52.3 Å². The van der Waals surface area contributed by atoms with Gasteiger partial charge in [0.1, 0.15) is 137 Å². The smallest absolute Gasteiger partial charge is 0.177 e. The van der Waals surface area contributed by atoms with Gasteiger partial charge in [-0.1, -0.05) is 133 Å². The Balaban J connectivity index is 0.000000131. The largest absolute Gasteiger partial charge is 0.508 e. The number of furan rings is 1. The van der Waals surface area contributed by atoms with Crippen LogP contribution in [0.25, 0.3) is 11.0 Å². The van der Waals surface area contributed by atoms with Gasteiger partial charge in [0.2, 0.25) is 0 Å². The summed E-state index contributed by atoms with van der Waals surface area (Å²) in [6.45, 7) is 50.4. The van der Waals surface area contributed by atoms with Crippen molar-refractivity contribution in [1.82, 2.24) is 0 Å². The maximum absolute atomic E-state index is 12.9. The molecule has 17 heteroatoms. The number of aromatic hydroxyl groups is 4. The van der Waals surface area contributed by atoms with Crippen molar-refractivity contribution in [2.45, 2.75) is 441 Å². The number of Topliss-reactive ketones (excluding diaryl/α,β-unsaturated/α-hetero) is 5. The highest BCUT2D eigenvalue weighted by Gasteiger charge is 2.71. The molecule has 0 radical (unpaired) electrons. The Bertz CT molecular complexity index is 5550. The Morgan fingerprint density at radius 1 is 0.350 bits per heavy atom. The lowest BCUT2D eigenvalue weighted by atomic mass is 9.45. The van der Waals surface area contributed by atoms with Crippen molar-refractivity contribution < 1.29 is 82.0 Å². The number of rotatable bonds is 29. The van der Waals surface area contributed by atoms with Gasteiger partial charge < -0.3 is 72.4 Å². The number of unbranched alkanes of at least 4 members (excludes halogenated alkanes) is 8. The van der Waals surface area contributed by atoms with E-state index >= 15 is 0 Å². The first-order valence-electron chi connectivity index (χ1n) is 53.2. The molecule has 8 heterocycles. The number of hydrogen-bond donors (Lipinski definition) is 4. The first-order valence-corrected chi connectivity index (χ1v) is 53.2. The molecule has 2 bridgehead atoms. The molecule has 5 fully saturated rings. The van der Waals surface area contributed by atoms with E-state index in [2.05, 4.69) is 154 Å². The standard InChI is InChI=1S/C21H28O3.2C21H30O2.C20H28O4.C19H26O2.C18H24O4/c1-5-6-7-8-15-11-18-20-16(13-23-18)17(10-9-14(2)22)21(3,4)24-19(20)12-15;1-5-6-7-8-14-11-17-19-15-13-21(4,23-18(19)12-14)10-9-16(15)20(2,3)22-17;1-5-6-7-8-13-11-15(22)17-16(12-13)23-21(4)10-9-14-18(21)19(17)20(14,2)3;1-5-6-7-8-14-11-16(22)18-17(12-14)24-20(3,4)15(19(18)23)10-9-13(2)21;1-5-6-11-9-13(20)15-14(10-11)21-19(4)8-7-12-16(19)17(15)18(12,2)3;1-5-6-12-9-14(20)16-15(10-12)22-18(3,4)13(17(16)21)8-7-11(2)19/h11-13,17H,5-10H2,1-4H3;11-12,15-16H,5-10,13H2,1-4H3;11-12,14,18-19,22H,5-10H2,1-4H3;11-12,15,22H,5-10H2,1-4H3;9-10,12,16-17,20H,5-8H2,1-4H3;9-10,13,20H,5-8H2,1-4H3/t;;14?,18-,19-,21-;;12?,16-,17-,19-;/m..1.1./s1. The molecule has 14 atom stereocenters. The quantitative estimate of drug-likeness (QED) is 0.0318. The van der Waals surface area contributed by atoms with E-state index in [4.69, 9.17) is 37.6 Å². The second kappa shape index (κ2) is 40.9. The molecule has 6 aromatic carbocycles. The molecule has 7 aliphatic heterocycles. The number of phenols is 4. The van der Waals surface area contributed by atoms with E-state index in [0.29, 0.717) is 90.6 Å². The van der Waals surface area contributed by atoms with Gasteiger partial charge in [-0.05, 0) is 354 Å². The summed E-state index contributed by atoms with van der Waals surface area (Å²) in [7, 11) is 0. The third-order valence-corrected chi connectivity index (χ3v) is 34.2. The van der Waals surface area contributed by atoms with Crippen molar-refractivity contribution in [3.05, 3.63) is 146 Å². The van der Waals surface area contributed by atoms with Gasteiger partial charge in [-0.3, -0.25) is 9.59 Å². The van der Waals surface area contributed by atoms with Gasteiger partial charge in [0.05, 0.1) is 23.5 Å². The SMILES string of the molecule is CCCCCc1cc(O)c2c(c1)OC(C)(C)C(CCC(C)=O)C2=O.CCCCCc1cc(O)c2c(c1)O[C@]1(C)CCC3[C@@H]1[C@@H]2C3(C)C.CCCCCc1cc2c3c(c1)OC(C)(C)C1CCC(C)(CC31)O2.CCCCCc1cc2c3c(coc3c1)C(CCC(C)=O)C(C)(C)O2.CCCc1cc(O)c2c(c1)OC(C)(C)C(CCC(C)=O)C2=O.CCCc1cc(O)c2c(c1)O[C@]1(C)CCC3[C@@H]1[C@@H]2C3(C)C. The minimum atomic E-state index is -0.686. The maximum atomic E-state index is 12.9. The van der Waals surface area contributed by atoms with E-state index in [1.165, 1.54) is 124 Å². The molecule has 137 heavy (non-hydrogen) atoms. The molecule has 7 aromatic rings. The topological polar surface area (TPSA) is 244 Å². The van der Waals surface area contributed by atoms with Gasteiger partial charge in [0.25, 0.3) is 0 Å². The Morgan fingerprint density at radius 2 is 0.686 bits per heavy atom. The lowest BCUT2D eigenvalue weighted by Gasteiger charge is -2.62. The minimum absolute atomic E-state index is 0.00711. The van der Waals surface area contributed by atoms with E-state index in [9.17, 15) is 44.4 Å². The minimum Gasteiger partial charge on any atom is -0.508 e. The van der Waals surface area contributed by atoms with Crippen molar-refractivity contribution >= 4 is 39.9 Å². The second-order valence-corrected chi connectivity index (χ2v) is 47.2. The molecular formula is C120H166O17. The highest BCUT2D eigenvalue weighted by molar-refractivity contribution is 6.05. The zero-order valence-electron chi connectivity index (χ0n) is 87.8. The number of phenolic OH excluding ortho intramolecular Hbond substituents is 4. The van der Waals surface area contributed by atoms with Crippen LogP contribution in [-0.4, -0.2) is 88.5 Å². The van der Waals surface area contributed by atoms with Gasteiger partial charge in [-0.15, -0.1) is 0 Å². The predicted molar refractivity (Wildman–Crippen MR) is 546 cm³/mol. The van der Waals surface area contributed by atoms with E-state index in [1.807, 2.05) is 58.2 Å². The van der Waals surface area contributed by atoms with Crippen LogP contribution in [0.1, 0.15) is 440 Å². The number of hydrogen-bond acceptors (Lipinski definition) is 17. The molecule has 5 aliphatic carbocycles. The van der Waals surface area contributed by atoms with Crippen LogP contribution < -0.4 is 33.2 Å². The predicted octanol–water partition coefficient (Wildman–Crippen LogP) is 29.6. The summed E-state index contributed by atoms with van der Waals surface area (Å²) in [5, 5.41) is 43.1. The number of carbonyl (C=O) groups excluding carboxylic acids is 5. The van der Waals surface area contributed by atoms with E-state index in [-0.39, 0.29) is 96.3 Å².